The Bertz CT molecular complexity index is 760. The van der Waals surface area contributed by atoms with Gasteiger partial charge in [-0.15, -0.1) is 0 Å². The first-order valence-corrected chi connectivity index (χ1v) is 7.54. The minimum atomic E-state index is -0.288. The molecule has 6 heteroatoms. The van der Waals surface area contributed by atoms with Crippen LogP contribution in [0.15, 0.2) is 29.1 Å². The highest BCUT2D eigenvalue weighted by atomic mass is 16.5. The Kier molecular flexibility index (Phi) is 4.93. The third-order valence-corrected chi connectivity index (χ3v) is 3.30. The number of hydrogen-bond acceptors (Lipinski definition) is 3. The van der Waals surface area contributed by atoms with E-state index < -0.39 is 0 Å². The van der Waals surface area contributed by atoms with E-state index in [1.54, 1.807) is 13.2 Å². The maximum atomic E-state index is 12.1. The summed E-state index contributed by atoms with van der Waals surface area (Å²) in [7, 11) is 1.59. The number of methoxy groups -OCH3 is 1. The summed E-state index contributed by atoms with van der Waals surface area (Å²) in [4.78, 5) is 26.7. The van der Waals surface area contributed by atoms with Gasteiger partial charge in [-0.1, -0.05) is 0 Å². The standard InChI is InChI=1S/C17H23N3O3/c1-17(2,3)20-16(22)18-8-7-12-9-11-5-6-13(23-4)10-14(11)19-15(12)21/h5-6,9-10H,7-8H2,1-4H3,(H,19,21)(H2,18,20,22). The van der Waals surface area contributed by atoms with Crippen LogP contribution in [-0.4, -0.2) is 30.2 Å². The van der Waals surface area contributed by atoms with Crippen molar-refractivity contribution < 1.29 is 9.53 Å². The molecule has 0 spiro atoms. The van der Waals surface area contributed by atoms with Crippen molar-refractivity contribution in [1.82, 2.24) is 15.6 Å². The molecule has 23 heavy (non-hydrogen) atoms. The summed E-state index contributed by atoms with van der Waals surface area (Å²) < 4.78 is 5.15. The first-order valence-electron chi connectivity index (χ1n) is 7.54. The molecule has 6 nitrogen and oxygen atoms in total. The van der Waals surface area contributed by atoms with E-state index in [1.165, 1.54) is 0 Å². The van der Waals surface area contributed by atoms with Crippen LogP contribution in [0, 0.1) is 0 Å². The second-order valence-corrected chi connectivity index (χ2v) is 6.46. The number of urea groups is 1. The SMILES string of the molecule is COc1ccc2cc(CCNC(=O)NC(C)(C)C)c(=O)[nH]c2c1. The van der Waals surface area contributed by atoms with Crippen molar-refractivity contribution in [2.75, 3.05) is 13.7 Å². The summed E-state index contributed by atoms with van der Waals surface area (Å²) in [5.41, 5.74) is 0.933. The summed E-state index contributed by atoms with van der Waals surface area (Å²) in [6, 6.07) is 7.14. The van der Waals surface area contributed by atoms with Crippen LogP contribution in [0.2, 0.25) is 0 Å². The molecule has 124 valence electrons. The van der Waals surface area contributed by atoms with E-state index in [-0.39, 0.29) is 17.1 Å². The van der Waals surface area contributed by atoms with Crippen molar-refractivity contribution in [2.45, 2.75) is 32.7 Å². The van der Waals surface area contributed by atoms with Gasteiger partial charge in [0.15, 0.2) is 0 Å². The fourth-order valence-corrected chi connectivity index (χ4v) is 2.23. The Labute approximate surface area is 135 Å². The smallest absolute Gasteiger partial charge is 0.315 e. The molecule has 1 aromatic carbocycles. The lowest BCUT2D eigenvalue weighted by Gasteiger charge is -2.20. The summed E-state index contributed by atoms with van der Waals surface area (Å²) in [6.07, 6.45) is 0.467. The van der Waals surface area contributed by atoms with Gasteiger partial charge in [0.05, 0.1) is 12.6 Å². The second-order valence-electron chi connectivity index (χ2n) is 6.46. The van der Waals surface area contributed by atoms with Crippen molar-refractivity contribution in [1.29, 1.82) is 0 Å². The zero-order chi connectivity index (χ0) is 17.0. The maximum Gasteiger partial charge on any atom is 0.315 e. The lowest BCUT2D eigenvalue weighted by molar-refractivity contribution is 0.232. The Morgan fingerprint density at radius 1 is 1.26 bits per heavy atom. The van der Waals surface area contributed by atoms with Crippen LogP contribution >= 0.6 is 0 Å². The third kappa shape index (κ3) is 4.74. The molecule has 0 fully saturated rings. The molecule has 1 heterocycles. The summed E-state index contributed by atoms with van der Waals surface area (Å²) in [6.45, 7) is 6.13. The highest BCUT2D eigenvalue weighted by molar-refractivity contribution is 5.80. The Morgan fingerprint density at radius 2 is 2.00 bits per heavy atom. The largest absolute Gasteiger partial charge is 0.497 e. The number of aromatic nitrogens is 1. The van der Waals surface area contributed by atoms with Gasteiger partial charge >= 0.3 is 6.03 Å². The number of nitrogens with one attached hydrogen (secondary N) is 3. The fraction of sp³-hybridized carbons (Fsp3) is 0.412. The Hall–Kier alpha value is -2.50. The van der Waals surface area contributed by atoms with Crippen LogP contribution in [0.4, 0.5) is 4.79 Å². The molecule has 2 rings (SSSR count). The maximum absolute atomic E-state index is 12.1. The summed E-state index contributed by atoms with van der Waals surface area (Å²) in [5, 5.41) is 6.50. The van der Waals surface area contributed by atoms with Crippen LogP contribution in [0.25, 0.3) is 10.9 Å². The predicted molar refractivity (Wildman–Crippen MR) is 91.1 cm³/mol. The number of carbonyl (C=O) groups excluding carboxylic acids is 1. The quantitative estimate of drug-likeness (QED) is 0.808. The van der Waals surface area contributed by atoms with E-state index in [0.29, 0.717) is 24.3 Å². The van der Waals surface area contributed by atoms with Gasteiger partial charge in [0.1, 0.15) is 5.75 Å². The van der Waals surface area contributed by atoms with Crippen molar-refractivity contribution in [3.8, 4) is 5.75 Å². The van der Waals surface area contributed by atoms with Gasteiger partial charge in [0.2, 0.25) is 0 Å². The van der Waals surface area contributed by atoms with Gasteiger partial charge < -0.3 is 20.4 Å². The topological polar surface area (TPSA) is 83.2 Å². The molecule has 0 radical (unpaired) electrons. The first kappa shape index (κ1) is 16.9. The first-order chi connectivity index (χ1) is 10.8. The molecule has 1 aromatic heterocycles. The highest BCUT2D eigenvalue weighted by Crippen LogP contribution is 2.18. The van der Waals surface area contributed by atoms with Crippen molar-refractivity contribution >= 4 is 16.9 Å². The third-order valence-electron chi connectivity index (χ3n) is 3.30. The number of rotatable bonds is 4. The Morgan fingerprint density at radius 3 is 2.65 bits per heavy atom. The van der Waals surface area contributed by atoms with E-state index in [1.807, 2.05) is 39.0 Å². The van der Waals surface area contributed by atoms with Crippen LogP contribution in [0.3, 0.4) is 0 Å². The van der Waals surface area contributed by atoms with Gasteiger partial charge in [-0.2, -0.15) is 0 Å². The van der Waals surface area contributed by atoms with Crippen LogP contribution in [0.5, 0.6) is 5.75 Å². The van der Waals surface area contributed by atoms with Crippen LogP contribution in [0.1, 0.15) is 26.3 Å². The minimum Gasteiger partial charge on any atom is -0.497 e. The van der Waals surface area contributed by atoms with E-state index in [9.17, 15) is 9.59 Å². The van der Waals surface area contributed by atoms with E-state index in [0.717, 1.165) is 10.9 Å². The molecular weight excluding hydrogens is 294 g/mol. The van der Waals surface area contributed by atoms with Gasteiger partial charge in [0, 0.05) is 23.7 Å². The number of ether oxygens (including phenoxy) is 1. The fourth-order valence-electron chi connectivity index (χ4n) is 2.23. The number of pyridine rings is 1. The zero-order valence-corrected chi connectivity index (χ0v) is 13.9. The lowest BCUT2D eigenvalue weighted by atomic mass is 10.1. The monoisotopic (exact) mass is 317 g/mol. The van der Waals surface area contributed by atoms with Crippen molar-refractivity contribution in [3.63, 3.8) is 0 Å². The Balaban J connectivity index is 2.05. The molecule has 0 aliphatic rings. The lowest BCUT2D eigenvalue weighted by Crippen LogP contribution is -2.47. The average molecular weight is 317 g/mol. The van der Waals surface area contributed by atoms with Crippen LogP contribution < -0.4 is 20.9 Å². The summed E-state index contributed by atoms with van der Waals surface area (Å²) >= 11 is 0. The number of fused-ring (bicyclic) bond motifs is 1. The van der Waals surface area contributed by atoms with Gasteiger partial charge in [-0.05, 0) is 50.8 Å². The van der Waals surface area contributed by atoms with Gasteiger partial charge in [-0.3, -0.25) is 4.79 Å². The molecule has 2 amide bonds. The molecule has 0 aliphatic heterocycles. The number of carbonyl (C=O) groups is 1. The molecule has 2 aromatic rings. The average Bonchev–Trinajstić information content (AvgIpc) is 2.45. The molecular formula is C17H23N3O3. The minimum absolute atomic E-state index is 0.149. The number of amides is 2. The molecule has 0 aliphatic carbocycles. The van der Waals surface area contributed by atoms with Crippen molar-refractivity contribution in [3.05, 3.63) is 40.2 Å². The number of H-pyrrole nitrogens is 1. The molecule has 0 saturated carbocycles. The summed E-state index contributed by atoms with van der Waals surface area (Å²) in [5.74, 6) is 0.696. The second kappa shape index (κ2) is 6.73. The number of hydrogen-bond donors (Lipinski definition) is 3. The molecule has 0 unspecified atom stereocenters. The predicted octanol–water partition coefficient (Wildman–Crippen LogP) is 2.18. The normalized spacial score (nSPS) is 11.3. The van der Waals surface area contributed by atoms with Crippen molar-refractivity contribution in [2.24, 2.45) is 0 Å². The van der Waals surface area contributed by atoms with Gasteiger partial charge in [-0.25, -0.2) is 4.79 Å². The van der Waals surface area contributed by atoms with E-state index in [4.69, 9.17) is 4.74 Å². The molecule has 3 N–H and O–H groups in total. The highest BCUT2D eigenvalue weighted by Gasteiger charge is 2.13. The molecule has 0 atom stereocenters. The van der Waals surface area contributed by atoms with Gasteiger partial charge in [0.25, 0.3) is 5.56 Å². The molecule has 0 bridgehead atoms. The number of aromatic amines is 1. The zero-order valence-electron chi connectivity index (χ0n) is 13.9. The van der Waals surface area contributed by atoms with E-state index in [2.05, 4.69) is 15.6 Å². The molecule has 0 saturated heterocycles. The van der Waals surface area contributed by atoms with E-state index >= 15 is 0 Å². The number of benzene rings is 1. The van der Waals surface area contributed by atoms with Crippen LogP contribution in [-0.2, 0) is 6.42 Å².